The van der Waals surface area contributed by atoms with Crippen LogP contribution in [0.4, 0.5) is 0 Å². The summed E-state index contributed by atoms with van der Waals surface area (Å²) in [6, 6.07) is 0. The molecule has 4 nitrogen and oxygen atoms in total. The molecule has 0 spiro atoms. The lowest BCUT2D eigenvalue weighted by atomic mass is 10.3. The first-order chi connectivity index (χ1) is 5.70. The van der Waals surface area contributed by atoms with E-state index in [-0.39, 0.29) is 18.7 Å². The van der Waals surface area contributed by atoms with Crippen LogP contribution >= 0.6 is 0 Å². The molecule has 0 aromatic carbocycles. The molecule has 1 fully saturated rings. The van der Waals surface area contributed by atoms with Gasteiger partial charge in [0.05, 0.1) is 0 Å². The van der Waals surface area contributed by atoms with E-state index in [2.05, 4.69) is 0 Å². The molecule has 12 heavy (non-hydrogen) atoms. The molecule has 1 aliphatic rings. The maximum Gasteiger partial charge on any atom is 0.222 e. The number of carbonyl (C=O) groups excluding carboxylic acids is 2. The van der Waals surface area contributed by atoms with E-state index >= 15 is 0 Å². The number of carboxylic acids is 1. The van der Waals surface area contributed by atoms with Crippen LogP contribution in [0.2, 0.25) is 0 Å². The number of nitrogens with zero attached hydrogens (tertiary/aromatic N) is 1. The van der Waals surface area contributed by atoms with Crippen molar-refractivity contribution in [1.29, 1.82) is 0 Å². The van der Waals surface area contributed by atoms with Gasteiger partial charge in [-0.2, -0.15) is 0 Å². The van der Waals surface area contributed by atoms with Crippen molar-refractivity contribution in [3.63, 3.8) is 0 Å². The molecule has 0 atom stereocenters. The zero-order valence-corrected chi connectivity index (χ0v) is 6.91. The average molecular weight is 170 g/mol. The lowest BCUT2D eigenvalue weighted by Gasteiger charge is -2.14. The second-order valence-corrected chi connectivity index (χ2v) is 2.96. The molecule has 1 saturated heterocycles. The van der Waals surface area contributed by atoms with Gasteiger partial charge in [0.1, 0.15) is 0 Å². The predicted molar refractivity (Wildman–Crippen MR) is 40.1 cm³/mol. The monoisotopic (exact) mass is 170 g/mol. The number of carbonyl (C=O) groups is 2. The molecule has 1 amide bonds. The summed E-state index contributed by atoms with van der Waals surface area (Å²) in [5.74, 6) is -1.21. The van der Waals surface area contributed by atoms with Crippen LogP contribution in [0.1, 0.15) is 25.7 Å². The molecule has 0 saturated carbocycles. The summed E-state index contributed by atoms with van der Waals surface area (Å²) in [5, 5.41) is 10.0. The van der Waals surface area contributed by atoms with Crippen LogP contribution in [-0.2, 0) is 9.59 Å². The molecule has 0 aliphatic carbocycles. The Kier molecular flexibility index (Phi) is 3.08. The van der Waals surface area contributed by atoms with Crippen LogP contribution < -0.4 is 5.11 Å². The topological polar surface area (TPSA) is 60.4 Å². The molecule has 1 rings (SSSR count). The second-order valence-electron chi connectivity index (χ2n) is 2.96. The number of rotatable bonds is 3. The van der Waals surface area contributed by atoms with Gasteiger partial charge in [-0.3, -0.25) is 4.79 Å². The molecular weight excluding hydrogens is 158 g/mol. The highest BCUT2D eigenvalue weighted by molar-refractivity contribution is 5.80. The van der Waals surface area contributed by atoms with Crippen LogP contribution in [0, 0.1) is 0 Å². The number of aliphatic carboxylic acids is 1. The zero-order valence-electron chi connectivity index (χ0n) is 6.91. The summed E-state index contributed by atoms with van der Waals surface area (Å²) < 4.78 is 0. The fourth-order valence-corrected chi connectivity index (χ4v) is 1.33. The minimum Gasteiger partial charge on any atom is -0.550 e. The first-order valence-corrected chi connectivity index (χ1v) is 4.18. The quantitative estimate of drug-likeness (QED) is 0.553. The Morgan fingerprint density at radius 2 is 1.75 bits per heavy atom. The van der Waals surface area contributed by atoms with Gasteiger partial charge in [0.15, 0.2) is 0 Å². The Morgan fingerprint density at radius 3 is 2.25 bits per heavy atom. The lowest BCUT2D eigenvalue weighted by molar-refractivity contribution is -0.305. The van der Waals surface area contributed by atoms with Gasteiger partial charge in [-0.25, -0.2) is 0 Å². The number of hydrogen-bond acceptors (Lipinski definition) is 3. The van der Waals surface area contributed by atoms with Gasteiger partial charge in [-0.15, -0.1) is 0 Å². The molecule has 68 valence electrons. The summed E-state index contributed by atoms with van der Waals surface area (Å²) >= 11 is 0. The summed E-state index contributed by atoms with van der Waals surface area (Å²) in [6.07, 6.45) is 2.01. The van der Waals surface area contributed by atoms with E-state index in [9.17, 15) is 14.7 Å². The van der Waals surface area contributed by atoms with Crippen molar-refractivity contribution in [2.45, 2.75) is 25.7 Å². The van der Waals surface area contributed by atoms with Crippen molar-refractivity contribution in [2.75, 3.05) is 13.1 Å². The van der Waals surface area contributed by atoms with Gasteiger partial charge in [-0.1, -0.05) is 0 Å². The van der Waals surface area contributed by atoms with Crippen LogP contribution in [0.25, 0.3) is 0 Å². The summed E-state index contributed by atoms with van der Waals surface area (Å²) in [4.78, 5) is 22.9. The van der Waals surface area contributed by atoms with Crippen molar-refractivity contribution < 1.29 is 14.7 Å². The van der Waals surface area contributed by atoms with E-state index in [1.807, 2.05) is 0 Å². The Labute approximate surface area is 71.2 Å². The van der Waals surface area contributed by atoms with Gasteiger partial charge in [0.25, 0.3) is 0 Å². The highest BCUT2D eigenvalue weighted by Gasteiger charge is 2.16. The highest BCUT2D eigenvalue weighted by Crippen LogP contribution is 2.09. The van der Waals surface area contributed by atoms with Crippen molar-refractivity contribution >= 4 is 11.9 Å². The van der Waals surface area contributed by atoms with E-state index in [1.54, 1.807) is 4.90 Å². The number of carboxylic acid groups (broad SMARTS) is 1. The average Bonchev–Trinajstić information content (AvgIpc) is 2.51. The molecule has 1 aliphatic heterocycles. The van der Waals surface area contributed by atoms with Crippen LogP contribution in [0.3, 0.4) is 0 Å². The smallest absolute Gasteiger partial charge is 0.222 e. The molecule has 0 unspecified atom stereocenters. The van der Waals surface area contributed by atoms with Crippen molar-refractivity contribution in [1.82, 2.24) is 4.90 Å². The first-order valence-electron chi connectivity index (χ1n) is 4.18. The lowest BCUT2D eigenvalue weighted by Crippen LogP contribution is -2.30. The number of likely N-dealkylation sites (tertiary alicyclic amines) is 1. The van der Waals surface area contributed by atoms with Gasteiger partial charge < -0.3 is 14.8 Å². The van der Waals surface area contributed by atoms with Gasteiger partial charge >= 0.3 is 0 Å². The fraction of sp³-hybridized carbons (Fsp3) is 0.750. The molecule has 4 heteroatoms. The standard InChI is InChI=1S/C8H13NO3/c10-7(3-4-8(11)12)9-5-1-2-6-9/h1-6H2,(H,11,12)/p-1. The Hall–Kier alpha value is -1.06. The number of hydrogen-bond donors (Lipinski definition) is 0. The molecule has 0 N–H and O–H groups in total. The van der Waals surface area contributed by atoms with Crippen LogP contribution in [0.5, 0.6) is 0 Å². The molecule has 0 aromatic rings. The normalized spacial score (nSPS) is 16.5. The van der Waals surface area contributed by atoms with Crippen molar-refractivity contribution in [2.24, 2.45) is 0 Å². The van der Waals surface area contributed by atoms with E-state index in [1.165, 1.54) is 0 Å². The molecular formula is C8H12NO3-. The number of amides is 1. The van der Waals surface area contributed by atoms with Crippen molar-refractivity contribution in [3.05, 3.63) is 0 Å². The maximum atomic E-state index is 11.2. The van der Waals surface area contributed by atoms with E-state index in [0.717, 1.165) is 25.9 Å². The van der Waals surface area contributed by atoms with E-state index in [4.69, 9.17) is 0 Å². The Balaban J connectivity index is 2.23. The third-order valence-electron chi connectivity index (χ3n) is 2.00. The third kappa shape index (κ3) is 2.53. The zero-order chi connectivity index (χ0) is 8.97. The van der Waals surface area contributed by atoms with Gasteiger partial charge in [0.2, 0.25) is 5.91 Å². The molecule has 0 bridgehead atoms. The maximum absolute atomic E-state index is 11.2. The summed E-state index contributed by atoms with van der Waals surface area (Å²) in [6.45, 7) is 1.57. The van der Waals surface area contributed by atoms with Gasteiger partial charge in [0, 0.05) is 25.5 Å². The predicted octanol–water partition coefficient (Wildman–Crippen LogP) is -0.861. The van der Waals surface area contributed by atoms with Crippen molar-refractivity contribution in [3.8, 4) is 0 Å². The van der Waals surface area contributed by atoms with E-state index < -0.39 is 5.97 Å². The van der Waals surface area contributed by atoms with Crippen LogP contribution in [0.15, 0.2) is 0 Å². The largest absolute Gasteiger partial charge is 0.550 e. The molecule has 1 heterocycles. The molecule has 0 aromatic heterocycles. The summed E-state index contributed by atoms with van der Waals surface area (Å²) in [5.41, 5.74) is 0. The Bertz CT molecular complexity index is 185. The minimum atomic E-state index is -1.15. The molecule has 0 radical (unpaired) electrons. The highest BCUT2D eigenvalue weighted by atomic mass is 16.4. The first kappa shape index (κ1) is 9.03. The minimum absolute atomic E-state index is 0.0586. The SMILES string of the molecule is O=C([O-])CCC(=O)N1CCCC1. The Morgan fingerprint density at radius 1 is 1.17 bits per heavy atom. The van der Waals surface area contributed by atoms with Crippen LogP contribution in [-0.4, -0.2) is 29.9 Å². The summed E-state index contributed by atoms with van der Waals surface area (Å²) in [7, 11) is 0. The van der Waals surface area contributed by atoms with E-state index in [0.29, 0.717) is 0 Å². The second kappa shape index (κ2) is 4.09. The van der Waals surface area contributed by atoms with Gasteiger partial charge in [-0.05, 0) is 19.3 Å². The fourth-order valence-electron chi connectivity index (χ4n) is 1.33. The third-order valence-corrected chi connectivity index (χ3v) is 2.00.